The summed E-state index contributed by atoms with van der Waals surface area (Å²) >= 11 is 0. The third kappa shape index (κ3) is 3.88. The van der Waals surface area contributed by atoms with Crippen molar-refractivity contribution in [2.75, 3.05) is 44.7 Å². The van der Waals surface area contributed by atoms with E-state index in [4.69, 9.17) is 13.9 Å². The van der Waals surface area contributed by atoms with Crippen molar-refractivity contribution in [1.82, 2.24) is 9.88 Å². The molecule has 0 unspecified atom stereocenters. The number of benzene rings is 4. The lowest BCUT2D eigenvalue weighted by Gasteiger charge is -2.37. The molecule has 194 valence electrons. The summed E-state index contributed by atoms with van der Waals surface area (Å²) in [4.78, 5) is 33.2. The molecule has 0 radical (unpaired) electrons. The van der Waals surface area contributed by atoms with Gasteiger partial charge >= 0.3 is 0 Å². The summed E-state index contributed by atoms with van der Waals surface area (Å²) < 4.78 is 17.9. The third-order valence-electron chi connectivity index (χ3n) is 7.93. The van der Waals surface area contributed by atoms with E-state index in [2.05, 4.69) is 15.2 Å². The second kappa shape index (κ2) is 9.23. The van der Waals surface area contributed by atoms with Gasteiger partial charge < -0.3 is 29.1 Å². The van der Waals surface area contributed by atoms with Gasteiger partial charge in [0, 0.05) is 55.0 Å². The van der Waals surface area contributed by atoms with Crippen LogP contribution in [0.3, 0.4) is 0 Å². The molecule has 1 aromatic heterocycles. The van der Waals surface area contributed by atoms with Crippen LogP contribution in [0.15, 0.2) is 68.6 Å². The maximum Gasteiger partial charge on any atom is 0.196 e. The highest BCUT2D eigenvalue weighted by Gasteiger charge is 2.39. The summed E-state index contributed by atoms with van der Waals surface area (Å²) in [6, 6.07) is 16.4. The van der Waals surface area contributed by atoms with Gasteiger partial charge in [-0.1, -0.05) is 36.4 Å². The number of anilines is 1. The Morgan fingerprint density at radius 1 is 0.868 bits per heavy atom. The third-order valence-corrected chi connectivity index (χ3v) is 7.93. The Morgan fingerprint density at radius 2 is 1.55 bits per heavy atom. The Hall–Kier alpha value is -3.72. The first-order valence-corrected chi connectivity index (χ1v) is 13.3. The first kappa shape index (κ1) is 23.4. The molecule has 2 aliphatic heterocycles. The first-order valence-electron chi connectivity index (χ1n) is 13.3. The molecule has 2 aliphatic rings. The van der Waals surface area contributed by atoms with Gasteiger partial charge in [0.25, 0.3) is 0 Å². The number of para-hydroxylation sites is 2. The number of ether oxygens (including phenoxy) is 2. The van der Waals surface area contributed by atoms with E-state index in [1.54, 1.807) is 24.3 Å². The Labute approximate surface area is 218 Å². The highest BCUT2D eigenvalue weighted by molar-refractivity contribution is 6.14. The number of nitrogens with zero attached hydrogens (tertiary/aromatic N) is 1. The molecule has 38 heavy (non-hydrogen) atoms. The van der Waals surface area contributed by atoms with Crippen LogP contribution >= 0.6 is 0 Å². The second-order valence-electron chi connectivity index (χ2n) is 10.2. The standard InChI is InChI=1S/C30H29N3O5/c34-28-19-6-1-2-7-20(19)29(35)26-25(28)22(18-24-27(26)32-21-8-3-4-9-23(21)38-24)31-12-5-13-33-14-10-30(11-15-33)36-16-17-37-30/h1-4,6-9,18,31-32H,5,10-17H2. The van der Waals surface area contributed by atoms with E-state index in [0.717, 1.165) is 44.4 Å². The van der Waals surface area contributed by atoms with Gasteiger partial charge in [0.15, 0.2) is 27.8 Å². The number of hydrogen-bond acceptors (Lipinski definition) is 7. The molecule has 2 saturated heterocycles. The number of aromatic amines is 1. The van der Waals surface area contributed by atoms with Crippen LogP contribution < -0.4 is 16.2 Å². The number of H-pyrrole nitrogens is 1. The zero-order valence-electron chi connectivity index (χ0n) is 21.0. The van der Waals surface area contributed by atoms with E-state index in [9.17, 15) is 9.59 Å². The van der Waals surface area contributed by atoms with Crippen molar-refractivity contribution >= 4 is 49.4 Å². The minimum atomic E-state index is -0.368. The zero-order chi connectivity index (χ0) is 25.7. The summed E-state index contributed by atoms with van der Waals surface area (Å²) in [5.41, 5.74) is 2.80. The Kier molecular flexibility index (Phi) is 5.69. The fraction of sp³-hybridized carbons (Fsp3) is 0.333. The Morgan fingerprint density at radius 3 is 2.32 bits per heavy atom. The molecule has 0 bridgehead atoms. The van der Waals surface area contributed by atoms with E-state index in [-0.39, 0.29) is 16.6 Å². The molecule has 0 atom stereocenters. The van der Waals surface area contributed by atoms with Crippen molar-refractivity contribution in [3.05, 3.63) is 75.0 Å². The van der Waals surface area contributed by atoms with Crippen LogP contribution in [0.1, 0.15) is 19.3 Å². The van der Waals surface area contributed by atoms with Crippen molar-refractivity contribution in [1.29, 1.82) is 0 Å². The average Bonchev–Trinajstić information content (AvgIpc) is 3.41. The van der Waals surface area contributed by atoms with E-state index < -0.39 is 0 Å². The minimum absolute atomic E-state index is 0.154. The van der Waals surface area contributed by atoms with Crippen LogP contribution in [0.2, 0.25) is 0 Å². The van der Waals surface area contributed by atoms with Crippen LogP contribution in [0, 0.1) is 0 Å². The molecule has 5 aromatic rings. The zero-order valence-corrected chi connectivity index (χ0v) is 21.0. The lowest BCUT2D eigenvalue weighted by Crippen LogP contribution is -2.45. The van der Waals surface area contributed by atoms with Gasteiger partial charge in [0.05, 0.1) is 35.0 Å². The molecule has 7 rings (SSSR count). The number of piperidine rings is 1. The number of nitrogens with one attached hydrogen (secondary N) is 2. The van der Waals surface area contributed by atoms with Gasteiger partial charge in [-0.3, -0.25) is 9.59 Å². The summed E-state index contributed by atoms with van der Waals surface area (Å²) in [6.45, 7) is 4.84. The van der Waals surface area contributed by atoms with Gasteiger partial charge in [0.1, 0.15) is 0 Å². The first-order chi connectivity index (χ1) is 18.6. The molecule has 8 nitrogen and oxygen atoms in total. The van der Waals surface area contributed by atoms with E-state index in [1.165, 1.54) is 0 Å². The van der Waals surface area contributed by atoms with Crippen LogP contribution in [0.5, 0.6) is 0 Å². The fourth-order valence-electron chi connectivity index (χ4n) is 5.95. The van der Waals surface area contributed by atoms with Crippen molar-refractivity contribution in [3.8, 4) is 0 Å². The smallest absolute Gasteiger partial charge is 0.196 e. The van der Waals surface area contributed by atoms with Gasteiger partial charge in [-0.25, -0.2) is 0 Å². The van der Waals surface area contributed by atoms with Crippen LogP contribution in [-0.2, 0) is 9.47 Å². The maximum atomic E-state index is 13.7. The maximum absolute atomic E-state index is 13.7. The van der Waals surface area contributed by atoms with E-state index >= 15 is 0 Å². The van der Waals surface area contributed by atoms with Gasteiger partial charge in [-0.2, -0.15) is 0 Å². The normalized spacial score (nSPS) is 17.8. The van der Waals surface area contributed by atoms with Crippen molar-refractivity contribution in [2.24, 2.45) is 0 Å². The van der Waals surface area contributed by atoms with Crippen LogP contribution in [0.4, 0.5) is 5.69 Å². The molecule has 0 aliphatic carbocycles. The Bertz CT molecular complexity index is 1790. The SMILES string of the molecule is O=c1c2ccccc2c(=O)c2c1c(NCCCN1CCC3(CC1)OCCO3)cc1oc3ccccc3[nH]c12. The molecular weight excluding hydrogens is 482 g/mol. The topological polar surface area (TPSA) is 96.8 Å². The molecular formula is C30H29N3O5. The predicted octanol–water partition coefficient (Wildman–Crippen LogP) is 4.58. The van der Waals surface area contributed by atoms with Crippen molar-refractivity contribution in [3.63, 3.8) is 0 Å². The molecule has 1 spiro atoms. The molecule has 8 heteroatoms. The summed E-state index contributed by atoms with van der Waals surface area (Å²) in [7, 11) is 0. The average molecular weight is 512 g/mol. The number of aromatic nitrogens is 1. The van der Waals surface area contributed by atoms with E-state index in [1.807, 2.05) is 30.3 Å². The second-order valence-corrected chi connectivity index (χ2v) is 10.2. The molecule has 2 N–H and O–H groups in total. The van der Waals surface area contributed by atoms with Crippen LogP contribution in [0.25, 0.3) is 43.7 Å². The lowest BCUT2D eigenvalue weighted by molar-refractivity contribution is -0.185. The van der Waals surface area contributed by atoms with Crippen molar-refractivity contribution < 1.29 is 13.9 Å². The number of hydrogen-bond donors (Lipinski definition) is 2. The van der Waals surface area contributed by atoms with E-state index in [0.29, 0.717) is 63.7 Å². The van der Waals surface area contributed by atoms with Gasteiger partial charge in [-0.15, -0.1) is 0 Å². The number of fused-ring (bicyclic) bond motifs is 5. The highest BCUT2D eigenvalue weighted by atomic mass is 16.7. The summed E-state index contributed by atoms with van der Waals surface area (Å²) in [5.74, 6) is -0.368. The van der Waals surface area contributed by atoms with Crippen LogP contribution in [-0.4, -0.2) is 55.1 Å². The molecule has 3 heterocycles. The molecule has 2 fully saturated rings. The summed E-state index contributed by atoms with van der Waals surface area (Å²) in [6.07, 6.45) is 2.67. The highest BCUT2D eigenvalue weighted by Crippen LogP contribution is 2.32. The van der Waals surface area contributed by atoms with Gasteiger partial charge in [0.2, 0.25) is 0 Å². The molecule has 0 amide bonds. The quantitative estimate of drug-likeness (QED) is 0.203. The fourth-order valence-corrected chi connectivity index (χ4v) is 5.95. The number of rotatable bonds is 5. The monoisotopic (exact) mass is 511 g/mol. The summed E-state index contributed by atoms with van der Waals surface area (Å²) in [5, 5.41) is 5.08. The lowest BCUT2D eigenvalue weighted by atomic mass is 9.99. The predicted molar refractivity (Wildman–Crippen MR) is 149 cm³/mol. The van der Waals surface area contributed by atoms with Gasteiger partial charge in [-0.05, 0) is 25.1 Å². The Balaban J connectivity index is 1.23. The minimum Gasteiger partial charge on any atom is -0.453 e. The largest absolute Gasteiger partial charge is 0.453 e. The number of likely N-dealkylation sites (tertiary alicyclic amines) is 1. The molecule has 0 saturated carbocycles. The van der Waals surface area contributed by atoms with Crippen molar-refractivity contribution in [2.45, 2.75) is 25.0 Å². The molecule has 4 aromatic carbocycles.